The average molecular weight is 410 g/mol. The Balaban J connectivity index is 1.63. The van der Waals surface area contributed by atoms with Crippen LogP contribution in [-0.2, 0) is 9.53 Å². The molecule has 0 aromatic heterocycles. The molecule has 2 aromatic carbocycles. The van der Waals surface area contributed by atoms with E-state index in [9.17, 15) is 9.59 Å². The van der Waals surface area contributed by atoms with E-state index in [4.69, 9.17) is 4.74 Å². The van der Waals surface area contributed by atoms with Crippen LogP contribution in [0.1, 0.15) is 41.6 Å². The average Bonchev–Trinajstić information content (AvgIpc) is 3.55. The van der Waals surface area contributed by atoms with Crippen LogP contribution in [0.4, 0.5) is 11.4 Å². The SMILES string of the molecule is CCOCCCNC(=O)c1cc(NC(=O)C2CC2c2ccccc2)ccc1N(C)C. The van der Waals surface area contributed by atoms with Crippen molar-refractivity contribution in [1.29, 1.82) is 0 Å². The largest absolute Gasteiger partial charge is 0.382 e. The summed E-state index contributed by atoms with van der Waals surface area (Å²) in [5, 5.41) is 5.93. The summed E-state index contributed by atoms with van der Waals surface area (Å²) in [5.41, 5.74) is 3.20. The van der Waals surface area contributed by atoms with Gasteiger partial charge in [-0.3, -0.25) is 9.59 Å². The van der Waals surface area contributed by atoms with Crippen LogP contribution in [0.3, 0.4) is 0 Å². The fourth-order valence-electron chi connectivity index (χ4n) is 3.59. The van der Waals surface area contributed by atoms with Gasteiger partial charge in [0.05, 0.1) is 5.56 Å². The molecule has 1 fully saturated rings. The Bertz CT molecular complexity index is 867. The third kappa shape index (κ3) is 5.60. The Hall–Kier alpha value is -2.86. The number of carbonyl (C=O) groups excluding carboxylic acids is 2. The molecule has 2 atom stereocenters. The molecular weight excluding hydrogens is 378 g/mol. The van der Waals surface area contributed by atoms with Gasteiger partial charge in [0.2, 0.25) is 5.91 Å². The quantitative estimate of drug-likeness (QED) is 0.588. The molecule has 0 radical (unpaired) electrons. The molecule has 2 amide bonds. The Morgan fingerprint density at radius 1 is 1.13 bits per heavy atom. The van der Waals surface area contributed by atoms with Crippen LogP contribution >= 0.6 is 0 Å². The predicted octanol–water partition coefficient (Wildman–Crippen LogP) is 3.65. The molecule has 160 valence electrons. The summed E-state index contributed by atoms with van der Waals surface area (Å²) in [6, 6.07) is 15.6. The van der Waals surface area contributed by atoms with E-state index in [1.807, 2.05) is 56.3 Å². The number of ether oxygens (including phenoxy) is 1. The van der Waals surface area contributed by atoms with E-state index in [2.05, 4.69) is 22.8 Å². The van der Waals surface area contributed by atoms with Crippen LogP contribution in [0.25, 0.3) is 0 Å². The van der Waals surface area contributed by atoms with Crippen molar-refractivity contribution in [2.24, 2.45) is 5.92 Å². The predicted molar refractivity (Wildman–Crippen MR) is 120 cm³/mol. The summed E-state index contributed by atoms with van der Waals surface area (Å²) in [6.07, 6.45) is 1.62. The van der Waals surface area contributed by atoms with Gasteiger partial charge in [-0.2, -0.15) is 0 Å². The Morgan fingerprint density at radius 2 is 1.90 bits per heavy atom. The first-order valence-electron chi connectivity index (χ1n) is 10.5. The summed E-state index contributed by atoms with van der Waals surface area (Å²) >= 11 is 0. The van der Waals surface area contributed by atoms with Gasteiger partial charge in [0.15, 0.2) is 0 Å². The van der Waals surface area contributed by atoms with E-state index < -0.39 is 0 Å². The molecule has 2 aromatic rings. The molecule has 0 spiro atoms. The summed E-state index contributed by atoms with van der Waals surface area (Å²) in [5.74, 6) is 0.113. The number of nitrogens with one attached hydrogen (secondary N) is 2. The molecule has 0 heterocycles. The number of hydrogen-bond acceptors (Lipinski definition) is 4. The maximum atomic E-state index is 12.7. The fraction of sp³-hybridized carbons (Fsp3) is 0.417. The third-order valence-electron chi connectivity index (χ3n) is 5.30. The summed E-state index contributed by atoms with van der Waals surface area (Å²) < 4.78 is 5.31. The van der Waals surface area contributed by atoms with Crippen molar-refractivity contribution in [1.82, 2.24) is 5.32 Å². The molecule has 0 saturated heterocycles. The van der Waals surface area contributed by atoms with Crippen LogP contribution in [0.15, 0.2) is 48.5 Å². The molecule has 2 unspecified atom stereocenters. The number of amides is 2. The van der Waals surface area contributed by atoms with Gasteiger partial charge >= 0.3 is 0 Å². The number of nitrogens with zero attached hydrogens (tertiary/aromatic N) is 1. The fourth-order valence-corrected chi connectivity index (χ4v) is 3.59. The van der Waals surface area contributed by atoms with Crippen LogP contribution < -0.4 is 15.5 Å². The number of carbonyl (C=O) groups is 2. The minimum absolute atomic E-state index is 0.00419. The zero-order valence-corrected chi connectivity index (χ0v) is 18.0. The van der Waals surface area contributed by atoms with Gasteiger partial charge in [0, 0.05) is 51.1 Å². The minimum atomic E-state index is -0.153. The molecule has 1 aliphatic carbocycles. The first-order chi connectivity index (χ1) is 14.5. The molecule has 6 heteroatoms. The number of anilines is 2. The van der Waals surface area contributed by atoms with Gasteiger partial charge < -0.3 is 20.3 Å². The summed E-state index contributed by atoms with van der Waals surface area (Å²) in [6.45, 7) is 3.79. The van der Waals surface area contributed by atoms with E-state index >= 15 is 0 Å². The monoisotopic (exact) mass is 409 g/mol. The van der Waals surface area contributed by atoms with E-state index in [-0.39, 0.29) is 23.7 Å². The van der Waals surface area contributed by atoms with E-state index in [1.54, 1.807) is 6.07 Å². The van der Waals surface area contributed by atoms with E-state index in [1.165, 1.54) is 5.56 Å². The van der Waals surface area contributed by atoms with Crippen LogP contribution in [0.2, 0.25) is 0 Å². The normalized spacial score (nSPS) is 17.3. The lowest BCUT2D eigenvalue weighted by Crippen LogP contribution is -2.27. The molecular formula is C24H31N3O3. The number of rotatable bonds is 10. The third-order valence-corrected chi connectivity index (χ3v) is 5.30. The Morgan fingerprint density at radius 3 is 2.60 bits per heavy atom. The highest BCUT2D eigenvalue weighted by atomic mass is 16.5. The molecule has 2 N–H and O–H groups in total. The first kappa shape index (κ1) is 21.8. The van der Waals surface area contributed by atoms with Crippen molar-refractivity contribution >= 4 is 23.2 Å². The number of benzene rings is 2. The molecule has 1 saturated carbocycles. The van der Waals surface area contributed by atoms with Gasteiger partial charge in [-0.15, -0.1) is 0 Å². The van der Waals surface area contributed by atoms with Gasteiger partial charge in [-0.1, -0.05) is 30.3 Å². The standard InChI is InChI=1S/C24H31N3O3/c1-4-30-14-8-13-25-23(28)21-15-18(11-12-22(21)27(2)3)26-24(29)20-16-19(20)17-9-6-5-7-10-17/h5-7,9-12,15,19-20H,4,8,13-14,16H2,1-3H3,(H,25,28)(H,26,29). The highest BCUT2D eigenvalue weighted by Crippen LogP contribution is 2.47. The van der Waals surface area contributed by atoms with Crippen molar-refractivity contribution in [3.05, 3.63) is 59.7 Å². The van der Waals surface area contributed by atoms with Gasteiger partial charge in [-0.05, 0) is 49.4 Å². The van der Waals surface area contributed by atoms with Gasteiger partial charge in [-0.25, -0.2) is 0 Å². The molecule has 3 rings (SSSR count). The number of hydrogen-bond donors (Lipinski definition) is 2. The highest BCUT2D eigenvalue weighted by molar-refractivity contribution is 6.02. The summed E-state index contributed by atoms with van der Waals surface area (Å²) in [4.78, 5) is 27.3. The van der Waals surface area contributed by atoms with E-state index in [0.717, 1.165) is 18.5 Å². The molecule has 0 bridgehead atoms. The maximum Gasteiger partial charge on any atom is 0.253 e. The molecule has 6 nitrogen and oxygen atoms in total. The van der Waals surface area contributed by atoms with Crippen molar-refractivity contribution in [2.75, 3.05) is 44.1 Å². The van der Waals surface area contributed by atoms with Crippen molar-refractivity contribution in [3.8, 4) is 0 Å². The van der Waals surface area contributed by atoms with Crippen molar-refractivity contribution in [3.63, 3.8) is 0 Å². The van der Waals surface area contributed by atoms with Crippen molar-refractivity contribution in [2.45, 2.75) is 25.7 Å². The molecule has 30 heavy (non-hydrogen) atoms. The van der Waals surface area contributed by atoms with Crippen LogP contribution in [0.5, 0.6) is 0 Å². The van der Waals surface area contributed by atoms with Gasteiger partial charge in [0.25, 0.3) is 5.91 Å². The van der Waals surface area contributed by atoms with Gasteiger partial charge in [0.1, 0.15) is 0 Å². The topological polar surface area (TPSA) is 70.7 Å². The van der Waals surface area contributed by atoms with Crippen LogP contribution in [-0.4, -0.2) is 45.7 Å². The summed E-state index contributed by atoms with van der Waals surface area (Å²) in [7, 11) is 3.79. The van der Waals surface area contributed by atoms with Crippen molar-refractivity contribution < 1.29 is 14.3 Å². The zero-order valence-electron chi connectivity index (χ0n) is 18.0. The Kier molecular flexibility index (Phi) is 7.46. The van der Waals surface area contributed by atoms with E-state index in [0.29, 0.717) is 31.0 Å². The minimum Gasteiger partial charge on any atom is -0.382 e. The highest BCUT2D eigenvalue weighted by Gasteiger charge is 2.43. The van der Waals surface area contributed by atoms with Crippen LogP contribution in [0, 0.1) is 5.92 Å². The second kappa shape index (κ2) is 10.3. The molecule has 0 aliphatic heterocycles. The lowest BCUT2D eigenvalue weighted by molar-refractivity contribution is -0.117. The zero-order chi connectivity index (χ0) is 21.5. The first-order valence-corrected chi connectivity index (χ1v) is 10.5. The second-order valence-corrected chi connectivity index (χ2v) is 7.78. The lowest BCUT2D eigenvalue weighted by Gasteiger charge is -2.18. The lowest BCUT2D eigenvalue weighted by atomic mass is 10.1. The maximum absolute atomic E-state index is 12.7. The Labute approximate surface area is 178 Å². The smallest absolute Gasteiger partial charge is 0.253 e. The second-order valence-electron chi connectivity index (χ2n) is 7.78. The molecule has 1 aliphatic rings.